The van der Waals surface area contributed by atoms with Crippen LogP contribution in [-0.4, -0.2) is 40.7 Å². The molecule has 1 aromatic carbocycles. The van der Waals surface area contributed by atoms with Gasteiger partial charge >= 0.3 is 5.97 Å². The van der Waals surface area contributed by atoms with Gasteiger partial charge in [0.25, 0.3) is 0 Å². The summed E-state index contributed by atoms with van der Waals surface area (Å²) in [6, 6.07) is 6.67. The molecule has 0 amide bonds. The highest BCUT2D eigenvalue weighted by molar-refractivity contribution is 8.76. The minimum Gasteiger partial charge on any atom is -0.480 e. The zero-order valence-electron chi connectivity index (χ0n) is 12.0. The number of nitrogens with one attached hydrogen (secondary N) is 2. The molecular formula is C14H19N3O3S2. The van der Waals surface area contributed by atoms with Gasteiger partial charge in [-0.25, -0.2) is 0 Å². The molecule has 0 bridgehead atoms. The van der Waals surface area contributed by atoms with Gasteiger partial charge in [0.1, 0.15) is 0 Å². The van der Waals surface area contributed by atoms with E-state index in [4.69, 9.17) is 10.6 Å². The monoisotopic (exact) mass is 341 g/mol. The Labute approximate surface area is 136 Å². The first-order valence-corrected chi connectivity index (χ1v) is 9.33. The molecule has 0 spiro atoms. The number of para-hydroxylation sites is 1. The van der Waals surface area contributed by atoms with Crippen LogP contribution in [0.25, 0.3) is 10.9 Å². The Morgan fingerprint density at radius 3 is 2.91 bits per heavy atom. The van der Waals surface area contributed by atoms with Crippen LogP contribution >= 0.6 is 21.6 Å². The van der Waals surface area contributed by atoms with Gasteiger partial charge in [-0.2, -0.15) is 5.48 Å². The molecule has 2 rings (SSSR count). The number of carbonyl (C=O) groups is 1. The smallest absolute Gasteiger partial charge is 0.327 e. The summed E-state index contributed by atoms with van der Waals surface area (Å²) in [7, 11) is 3.34. The van der Waals surface area contributed by atoms with E-state index in [-0.39, 0.29) is 0 Å². The quantitative estimate of drug-likeness (QED) is 0.298. The molecule has 0 aliphatic heterocycles. The third-order valence-corrected chi connectivity index (χ3v) is 5.34. The molecule has 0 saturated heterocycles. The number of aromatic amines is 1. The largest absolute Gasteiger partial charge is 0.480 e. The number of hydroxylamine groups is 1. The summed E-state index contributed by atoms with van der Waals surface area (Å²) in [5, 5.41) is 10.3. The number of rotatable bonds is 10. The van der Waals surface area contributed by atoms with Crippen molar-refractivity contribution in [3.05, 3.63) is 36.0 Å². The number of carboxylic acid groups (broad SMARTS) is 1. The molecular weight excluding hydrogens is 322 g/mol. The van der Waals surface area contributed by atoms with Gasteiger partial charge in [-0.15, -0.1) is 0 Å². The number of carboxylic acids is 1. The van der Waals surface area contributed by atoms with Crippen LogP contribution in [0, 0.1) is 0 Å². The lowest BCUT2D eigenvalue weighted by atomic mass is 10.1. The molecule has 0 fully saturated rings. The van der Waals surface area contributed by atoms with E-state index < -0.39 is 12.0 Å². The fourth-order valence-corrected chi connectivity index (χ4v) is 3.65. The van der Waals surface area contributed by atoms with Gasteiger partial charge in [-0.05, 0) is 6.07 Å². The van der Waals surface area contributed by atoms with Crippen LogP contribution < -0.4 is 11.2 Å². The number of aromatic nitrogens is 1. The van der Waals surface area contributed by atoms with Crippen LogP contribution in [0.3, 0.4) is 0 Å². The molecule has 0 aliphatic rings. The van der Waals surface area contributed by atoms with Crippen molar-refractivity contribution in [2.24, 2.45) is 5.73 Å². The number of H-pyrrole nitrogens is 1. The molecule has 6 nitrogen and oxygen atoms in total. The molecule has 5 N–H and O–H groups in total. The minimum absolute atomic E-state index is 0.425. The van der Waals surface area contributed by atoms with Crippen molar-refractivity contribution in [3.63, 3.8) is 0 Å². The summed E-state index contributed by atoms with van der Waals surface area (Å²) in [5.41, 5.74) is 9.60. The highest BCUT2D eigenvalue weighted by atomic mass is 33.1. The van der Waals surface area contributed by atoms with Crippen LogP contribution in [0.15, 0.2) is 30.5 Å². The third-order valence-electron chi connectivity index (χ3n) is 2.93. The second-order valence-corrected chi connectivity index (χ2v) is 7.16. The maximum absolute atomic E-state index is 11.5. The van der Waals surface area contributed by atoms with Crippen LogP contribution in [-0.2, 0) is 9.63 Å². The van der Waals surface area contributed by atoms with Crippen LogP contribution in [0.2, 0.25) is 0 Å². The number of aliphatic carboxylic acids is 1. The van der Waals surface area contributed by atoms with E-state index >= 15 is 0 Å². The standard InChI is InChI=1S/C14H19N3O3S2/c15-5-7-21-22-8-6-20-17-13(14(18)19)11-9-16-12-4-2-1-3-10(11)12/h1-4,9,13,16-17H,5-8,15H2,(H,18,19)/t13-/m1/s1. The lowest BCUT2D eigenvalue weighted by Gasteiger charge is -2.13. The Bertz CT molecular complexity index is 606. The fourth-order valence-electron chi connectivity index (χ4n) is 1.96. The summed E-state index contributed by atoms with van der Waals surface area (Å²) < 4.78 is 0. The summed E-state index contributed by atoms with van der Waals surface area (Å²) in [6.07, 6.45) is 1.70. The summed E-state index contributed by atoms with van der Waals surface area (Å²) in [4.78, 5) is 19.8. The molecule has 8 heteroatoms. The van der Waals surface area contributed by atoms with Gasteiger partial charge < -0.3 is 15.8 Å². The molecule has 1 heterocycles. The predicted molar refractivity (Wildman–Crippen MR) is 91.7 cm³/mol. The highest BCUT2D eigenvalue weighted by Crippen LogP contribution is 2.24. The van der Waals surface area contributed by atoms with Gasteiger partial charge in [0.05, 0.1) is 6.61 Å². The second kappa shape index (κ2) is 9.06. The molecule has 120 valence electrons. The normalized spacial score (nSPS) is 12.6. The van der Waals surface area contributed by atoms with Gasteiger partial charge in [-0.3, -0.25) is 9.63 Å². The van der Waals surface area contributed by atoms with Crippen LogP contribution in [0.5, 0.6) is 0 Å². The van der Waals surface area contributed by atoms with E-state index in [1.54, 1.807) is 27.8 Å². The fraction of sp³-hybridized carbons (Fsp3) is 0.357. The lowest BCUT2D eigenvalue weighted by molar-refractivity contribution is -0.144. The number of nitrogens with two attached hydrogens (primary N) is 1. The maximum atomic E-state index is 11.5. The highest BCUT2D eigenvalue weighted by Gasteiger charge is 2.22. The SMILES string of the molecule is NCCSSCCON[C@@H](C(=O)O)c1c[nH]c2ccccc12. The zero-order chi connectivity index (χ0) is 15.8. The molecule has 1 aromatic heterocycles. The van der Waals surface area contributed by atoms with Crippen molar-refractivity contribution in [1.82, 2.24) is 10.5 Å². The molecule has 0 aliphatic carbocycles. The van der Waals surface area contributed by atoms with Gasteiger partial charge in [0, 0.05) is 40.7 Å². The Kier molecular flexibility index (Phi) is 7.07. The molecule has 1 atom stereocenters. The van der Waals surface area contributed by atoms with E-state index in [0.717, 1.165) is 22.4 Å². The van der Waals surface area contributed by atoms with E-state index in [0.29, 0.717) is 18.7 Å². The van der Waals surface area contributed by atoms with E-state index in [1.807, 2.05) is 24.3 Å². The van der Waals surface area contributed by atoms with Crippen molar-refractivity contribution in [3.8, 4) is 0 Å². The topological polar surface area (TPSA) is 100 Å². The maximum Gasteiger partial charge on any atom is 0.327 e. The first-order valence-electron chi connectivity index (χ1n) is 6.84. The lowest BCUT2D eigenvalue weighted by Crippen LogP contribution is -2.29. The third kappa shape index (κ3) is 4.65. The minimum atomic E-state index is -0.977. The van der Waals surface area contributed by atoms with Crippen molar-refractivity contribution >= 4 is 38.5 Å². The Balaban J connectivity index is 1.89. The summed E-state index contributed by atoms with van der Waals surface area (Å²) in [6.45, 7) is 1.08. The Hall–Kier alpha value is -1.19. The van der Waals surface area contributed by atoms with Crippen molar-refractivity contribution < 1.29 is 14.7 Å². The van der Waals surface area contributed by atoms with Crippen molar-refractivity contribution in [2.75, 3.05) is 24.7 Å². The Morgan fingerprint density at radius 2 is 2.14 bits per heavy atom. The average Bonchev–Trinajstić information content (AvgIpc) is 2.93. The van der Waals surface area contributed by atoms with Crippen molar-refractivity contribution in [2.45, 2.75) is 6.04 Å². The number of fused-ring (bicyclic) bond motifs is 1. The van der Waals surface area contributed by atoms with Gasteiger partial charge in [0.15, 0.2) is 6.04 Å². The van der Waals surface area contributed by atoms with Crippen LogP contribution in [0.1, 0.15) is 11.6 Å². The predicted octanol–water partition coefficient (Wildman–Crippen LogP) is 2.15. The molecule has 0 saturated carbocycles. The number of hydrogen-bond donors (Lipinski definition) is 4. The van der Waals surface area contributed by atoms with E-state index in [1.165, 1.54) is 0 Å². The Morgan fingerprint density at radius 1 is 1.36 bits per heavy atom. The summed E-state index contributed by atoms with van der Waals surface area (Å²) >= 11 is 0. The number of hydrogen-bond acceptors (Lipinski definition) is 6. The molecule has 0 radical (unpaired) electrons. The number of benzene rings is 1. The van der Waals surface area contributed by atoms with E-state index in [9.17, 15) is 9.90 Å². The van der Waals surface area contributed by atoms with Gasteiger partial charge in [-0.1, -0.05) is 39.8 Å². The average molecular weight is 341 g/mol. The van der Waals surface area contributed by atoms with Gasteiger partial charge in [0.2, 0.25) is 0 Å². The molecule has 22 heavy (non-hydrogen) atoms. The van der Waals surface area contributed by atoms with Crippen molar-refractivity contribution in [1.29, 1.82) is 0 Å². The molecule has 2 aromatic rings. The zero-order valence-corrected chi connectivity index (χ0v) is 13.6. The van der Waals surface area contributed by atoms with E-state index in [2.05, 4.69) is 10.5 Å². The second-order valence-electron chi connectivity index (χ2n) is 4.46. The molecule has 0 unspecified atom stereocenters. The first-order chi connectivity index (χ1) is 10.7. The first kappa shape index (κ1) is 17.2. The van der Waals surface area contributed by atoms with Crippen LogP contribution in [0.4, 0.5) is 0 Å². The summed E-state index contributed by atoms with van der Waals surface area (Å²) in [5.74, 6) is 0.679.